The summed E-state index contributed by atoms with van der Waals surface area (Å²) in [7, 11) is 0. The van der Waals surface area contributed by atoms with Gasteiger partial charge in [-0.1, -0.05) is 45.7 Å². The van der Waals surface area contributed by atoms with Crippen molar-refractivity contribution in [3.05, 3.63) is 63.6 Å². The minimum absolute atomic E-state index is 0.0879. The first kappa shape index (κ1) is 17.5. The Morgan fingerprint density at radius 3 is 2.57 bits per heavy atom. The average molecular weight is 396 g/mol. The molecule has 0 aliphatic rings. The van der Waals surface area contributed by atoms with E-state index in [1.54, 1.807) is 29.2 Å². The molecule has 0 aliphatic carbocycles. The van der Waals surface area contributed by atoms with Gasteiger partial charge in [0, 0.05) is 30.2 Å². The van der Waals surface area contributed by atoms with Crippen LogP contribution in [0, 0.1) is 0 Å². The fourth-order valence-corrected chi connectivity index (χ4v) is 2.74. The third-order valence-electron chi connectivity index (χ3n) is 3.24. The molecule has 23 heavy (non-hydrogen) atoms. The van der Waals surface area contributed by atoms with Crippen molar-refractivity contribution in [3.63, 3.8) is 0 Å². The van der Waals surface area contributed by atoms with Crippen molar-refractivity contribution < 1.29 is 9.59 Å². The van der Waals surface area contributed by atoms with Crippen LogP contribution in [-0.2, 0) is 4.79 Å². The standard InChI is InChI=1S/C17H16BrClN2O2/c1-12(22)21(14-6-4-5-13(18)11-14)10-9-20-17(23)15-7-2-3-8-16(15)19/h2-8,11H,9-10H2,1H3,(H,20,23). The van der Waals surface area contributed by atoms with Gasteiger partial charge in [-0.15, -0.1) is 0 Å². The fourth-order valence-electron chi connectivity index (χ4n) is 2.13. The molecule has 0 fully saturated rings. The lowest BCUT2D eigenvalue weighted by molar-refractivity contribution is -0.116. The van der Waals surface area contributed by atoms with E-state index in [1.807, 2.05) is 24.3 Å². The van der Waals surface area contributed by atoms with Crippen molar-refractivity contribution in [2.24, 2.45) is 0 Å². The number of benzene rings is 2. The SMILES string of the molecule is CC(=O)N(CCNC(=O)c1ccccc1Cl)c1cccc(Br)c1. The van der Waals surface area contributed by atoms with Crippen molar-refractivity contribution in [2.75, 3.05) is 18.0 Å². The summed E-state index contributed by atoms with van der Waals surface area (Å²) < 4.78 is 0.890. The Balaban J connectivity index is 1.99. The summed E-state index contributed by atoms with van der Waals surface area (Å²) in [5, 5.41) is 3.18. The summed E-state index contributed by atoms with van der Waals surface area (Å²) in [6.45, 7) is 2.20. The molecule has 0 heterocycles. The van der Waals surface area contributed by atoms with Crippen molar-refractivity contribution >= 4 is 45.0 Å². The summed E-state index contributed by atoms with van der Waals surface area (Å²) in [6, 6.07) is 14.3. The topological polar surface area (TPSA) is 49.4 Å². The van der Waals surface area contributed by atoms with Gasteiger partial charge in [0.15, 0.2) is 0 Å². The van der Waals surface area contributed by atoms with Gasteiger partial charge in [0.05, 0.1) is 10.6 Å². The molecule has 0 radical (unpaired) electrons. The maximum atomic E-state index is 12.1. The molecular weight excluding hydrogens is 380 g/mol. The Kier molecular flexibility index (Phi) is 6.19. The Morgan fingerprint density at radius 1 is 1.17 bits per heavy atom. The van der Waals surface area contributed by atoms with E-state index < -0.39 is 0 Å². The summed E-state index contributed by atoms with van der Waals surface area (Å²) in [5.74, 6) is -0.344. The van der Waals surface area contributed by atoms with E-state index in [-0.39, 0.29) is 11.8 Å². The van der Waals surface area contributed by atoms with E-state index in [1.165, 1.54) is 6.92 Å². The monoisotopic (exact) mass is 394 g/mol. The van der Waals surface area contributed by atoms with E-state index in [9.17, 15) is 9.59 Å². The Morgan fingerprint density at radius 2 is 1.91 bits per heavy atom. The van der Waals surface area contributed by atoms with Crippen LogP contribution < -0.4 is 10.2 Å². The second-order valence-corrected chi connectivity index (χ2v) is 6.21. The lowest BCUT2D eigenvalue weighted by Gasteiger charge is -2.21. The first-order valence-electron chi connectivity index (χ1n) is 7.05. The second kappa shape index (κ2) is 8.13. The number of rotatable bonds is 5. The molecule has 120 valence electrons. The molecule has 0 spiro atoms. The molecule has 0 bridgehead atoms. The minimum atomic E-state index is -0.256. The van der Waals surface area contributed by atoms with Crippen LogP contribution in [0.25, 0.3) is 0 Å². The molecule has 2 aromatic rings. The third-order valence-corrected chi connectivity index (χ3v) is 4.06. The number of nitrogens with one attached hydrogen (secondary N) is 1. The molecule has 4 nitrogen and oxygen atoms in total. The van der Waals surface area contributed by atoms with Gasteiger partial charge in [0.1, 0.15) is 0 Å². The van der Waals surface area contributed by atoms with Crippen molar-refractivity contribution in [1.82, 2.24) is 5.32 Å². The minimum Gasteiger partial charge on any atom is -0.350 e. The predicted octanol–water partition coefficient (Wildman–Crippen LogP) is 3.89. The van der Waals surface area contributed by atoms with Gasteiger partial charge < -0.3 is 10.2 Å². The number of amides is 2. The number of halogens is 2. The Hall–Kier alpha value is -1.85. The number of carbonyl (C=O) groups excluding carboxylic acids is 2. The summed E-state index contributed by atoms with van der Waals surface area (Å²) in [4.78, 5) is 25.5. The van der Waals surface area contributed by atoms with Crippen molar-refractivity contribution in [1.29, 1.82) is 0 Å². The maximum Gasteiger partial charge on any atom is 0.252 e. The summed E-state index contributed by atoms with van der Waals surface area (Å²) >= 11 is 9.38. The highest BCUT2D eigenvalue weighted by Crippen LogP contribution is 2.20. The smallest absolute Gasteiger partial charge is 0.252 e. The number of anilines is 1. The number of hydrogen-bond donors (Lipinski definition) is 1. The summed E-state index contributed by atoms with van der Waals surface area (Å²) in [6.07, 6.45) is 0. The van der Waals surface area contributed by atoms with E-state index in [2.05, 4.69) is 21.2 Å². The van der Waals surface area contributed by atoms with E-state index in [4.69, 9.17) is 11.6 Å². The molecule has 2 amide bonds. The zero-order valence-corrected chi connectivity index (χ0v) is 14.9. The van der Waals surface area contributed by atoms with E-state index in [0.29, 0.717) is 23.7 Å². The van der Waals surface area contributed by atoms with Crippen LogP contribution in [0.3, 0.4) is 0 Å². The molecular formula is C17H16BrClN2O2. The Bertz CT molecular complexity index is 721. The number of hydrogen-bond acceptors (Lipinski definition) is 2. The van der Waals surface area contributed by atoms with Gasteiger partial charge in [-0.2, -0.15) is 0 Å². The lowest BCUT2D eigenvalue weighted by atomic mass is 10.2. The molecule has 0 unspecified atom stereocenters. The largest absolute Gasteiger partial charge is 0.350 e. The molecule has 0 aromatic heterocycles. The van der Waals surface area contributed by atoms with Crippen LogP contribution >= 0.6 is 27.5 Å². The van der Waals surface area contributed by atoms with E-state index >= 15 is 0 Å². The first-order valence-corrected chi connectivity index (χ1v) is 8.22. The molecule has 2 rings (SSSR count). The van der Waals surface area contributed by atoms with Crippen LogP contribution in [0.4, 0.5) is 5.69 Å². The normalized spacial score (nSPS) is 10.2. The van der Waals surface area contributed by atoms with Crippen molar-refractivity contribution in [2.45, 2.75) is 6.92 Å². The van der Waals surface area contributed by atoms with Crippen LogP contribution in [0.5, 0.6) is 0 Å². The number of carbonyl (C=O) groups is 2. The zero-order valence-electron chi connectivity index (χ0n) is 12.6. The fraction of sp³-hybridized carbons (Fsp3) is 0.176. The van der Waals surface area contributed by atoms with Crippen LogP contribution in [0.1, 0.15) is 17.3 Å². The first-order chi connectivity index (χ1) is 11.0. The van der Waals surface area contributed by atoms with Crippen LogP contribution in [-0.4, -0.2) is 24.9 Å². The third kappa shape index (κ3) is 4.81. The van der Waals surface area contributed by atoms with Gasteiger partial charge in [-0.05, 0) is 30.3 Å². The molecule has 0 saturated heterocycles. The maximum absolute atomic E-state index is 12.1. The Labute approximate surface area is 148 Å². The van der Waals surface area contributed by atoms with Gasteiger partial charge in [0.25, 0.3) is 5.91 Å². The van der Waals surface area contributed by atoms with E-state index in [0.717, 1.165) is 10.2 Å². The second-order valence-electron chi connectivity index (χ2n) is 4.89. The number of nitrogens with zero attached hydrogens (tertiary/aromatic N) is 1. The average Bonchev–Trinajstić information content (AvgIpc) is 2.51. The van der Waals surface area contributed by atoms with Crippen LogP contribution in [0.15, 0.2) is 53.0 Å². The predicted molar refractivity (Wildman–Crippen MR) is 96.0 cm³/mol. The van der Waals surface area contributed by atoms with Gasteiger partial charge in [-0.25, -0.2) is 0 Å². The molecule has 0 saturated carbocycles. The molecule has 0 aliphatic heterocycles. The molecule has 0 atom stereocenters. The lowest BCUT2D eigenvalue weighted by Crippen LogP contribution is -2.37. The summed E-state index contributed by atoms with van der Waals surface area (Å²) in [5.41, 5.74) is 1.20. The highest BCUT2D eigenvalue weighted by atomic mass is 79.9. The molecule has 6 heteroatoms. The van der Waals surface area contributed by atoms with Crippen molar-refractivity contribution in [3.8, 4) is 0 Å². The highest BCUT2D eigenvalue weighted by molar-refractivity contribution is 9.10. The zero-order chi connectivity index (χ0) is 16.8. The highest BCUT2D eigenvalue weighted by Gasteiger charge is 2.13. The quantitative estimate of drug-likeness (QED) is 0.835. The van der Waals surface area contributed by atoms with Gasteiger partial charge in [-0.3, -0.25) is 9.59 Å². The molecule has 1 N–H and O–H groups in total. The van der Waals surface area contributed by atoms with Crippen LogP contribution in [0.2, 0.25) is 5.02 Å². The van der Waals surface area contributed by atoms with Gasteiger partial charge >= 0.3 is 0 Å². The van der Waals surface area contributed by atoms with Gasteiger partial charge in [0.2, 0.25) is 5.91 Å². The molecule has 2 aromatic carbocycles.